The van der Waals surface area contributed by atoms with Gasteiger partial charge in [-0.25, -0.2) is 4.98 Å². The lowest BCUT2D eigenvalue weighted by Gasteiger charge is -2.26. The van der Waals surface area contributed by atoms with Crippen molar-refractivity contribution in [2.75, 3.05) is 11.9 Å². The summed E-state index contributed by atoms with van der Waals surface area (Å²) >= 11 is 0. The van der Waals surface area contributed by atoms with Gasteiger partial charge in [-0.2, -0.15) is 0 Å². The van der Waals surface area contributed by atoms with E-state index < -0.39 is 4.92 Å². The van der Waals surface area contributed by atoms with Crippen molar-refractivity contribution in [3.63, 3.8) is 0 Å². The van der Waals surface area contributed by atoms with Gasteiger partial charge in [-0.05, 0) is 18.6 Å². The molecule has 0 spiro atoms. The molecule has 0 saturated carbocycles. The van der Waals surface area contributed by atoms with Gasteiger partial charge in [0, 0.05) is 18.0 Å². The molecule has 0 aliphatic rings. The quantitative estimate of drug-likeness (QED) is 0.672. The maximum absolute atomic E-state index is 10.8. The van der Waals surface area contributed by atoms with Gasteiger partial charge in [-0.3, -0.25) is 10.1 Å². The fourth-order valence-corrected chi connectivity index (χ4v) is 2.15. The van der Waals surface area contributed by atoms with Crippen LogP contribution in [0.3, 0.4) is 0 Å². The molecular formula is C16H19N3O2. The zero-order chi connectivity index (χ0) is 15.5. The third-order valence-corrected chi connectivity index (χ3v) is 3.52. The molecule has 110 valence electrons. The Morgan fingerprint density at radius 1 is 1.19 bits per heavy atom. The van der Waals surface area contributed by atoms with Crippen molar-refractivity contribution in [1.82, 2.24) is 4.98 Å². The zero-order valence-electron chi connectivity index (χ0n) is 12.5. The zero-order valence-corrected chi connectivity index (χ0v) is 12.5. The second-order valence-corrected chi connectivity index (χ2v) is 5.66. The number of pyridine rings is 1. The number of aromatic nitrogens is 1. The SMILES string of the molecule is Cc1nc(NCC(C)(C)c2ccccc2)ccc1[N+](=O)[O-]. The number of anilines is 1. The summed E-state index contributed by atoms with van der Waals surface area (Å²) in [6.45, 7) is 6.63. The largest absolute Gasteiger partial charge is 0.369 e. The standard InChI is InChI=1S/C16H19N3O2/c1-12-14(19(20)21)9-10-15(18-12)17-11-16(2,3)13-7-5-4-6-8-13/h4-10H,11H2,1-3H3,(H,17,18). The lowest BCUT2D eigenvalue weighted by Crippen LogP contribution is -2.27. The summed E-state index contributed by atoms with van der Waals surface area (Å²) in [6, 6.07) is 13.4. The van der Waals surface area contributed by atoms with Gasteiger partial charge in [0.05, 0.1) is 4.92 Å². The molecule has 1 N–H and O–H groups in total. The van der Waals surface area contributed by atoms with Crippen molar-refractivity contribution in [3.8, 4) is 0 Å². The molecule has 21 heavy (non-hydrogen) atoms. The minimum Gasteiger partial charge on any atom is -0.369 e. The first-order valence-corrected chi connectivity index (χ1v) is 6.81. The first kappa shape index (κ1) is 15.0. The smallest absolute Gasteiger partial charge is 0.290 e. The second-order valence-electron chi connectivity index (χ2n) is 5.66. The van der Waals surface area contributed by atoms with Crippen molar-refractivity contribution in [2.24, 2.45) is 0 Å². The molecule has 0 unspecified atom stereocenters. The van der Waals surface area contributed by atoms with Gasteiger partial charge < -0.3 is 5.32 Å². The highest BCUT2D eigenvalue weighted by Gasteiger charge is 2.20. The van der Waals surface area contributed by atoms with Crippen LogP contribution < -0.4 is 5.32 Å². The van der Waals surface area contributed by atoms with Crippen LogP contribution in [0, 0.1) is 17.0 Å². The van der Waals surface area contributed by atoms with Crippen molar-refractivity contribution in [2.45, 2.75) is 26.2 Å². The van der Waals surface area contributed by atoms with Crippen molar-refractivity contribution in [3.05, 3.63) is 63.8 Å². The van der Waals surface area contributed by atoms with Gasteiger partial charge in [0.1, 0.15) is 11.5 Å². The Balaban J connectivity index is 2.09. The Morgan fingerprint density at radius 2 is 1.86 bits per heavy atom. The molecule has 0 radical (unpaired) electrons. The summed E-state index contributed by atoms with van der Waals surface area (Å²) in [5.74, 6) is 0.655. The molecule has 0 aliphatic heterocycles. The third kappa shape index (κ3) is 3.56. The van der Waals surface area contributed by atoms with Gasteiger partial charge in [-0.15, -0.1) is 0 Å². The van der Waals surface area contributed by atoms with E-state index in [1.165, 1.54) is 11.6 Å². The van der Waals surface area contributed by atoms with E-state index in [1.54, 1.807) is 13.0 Å². The molecule has 1 aromatic carbocycles. The average molecular weight is 285 g/mol. The Bertz CT molecular complexity index is 639. The van der Waals surface area contributed by atoms with E-state index in [0.29, 0.717) is 18.1 Å². The van der Waals surface area contributed by atoms with Crippen LogP contribution in [0.2, 0.25) is 0 Å². The van der Waals surface area contributed by atoms with Crippen molar-refractivity contribution >= 4 is 11.5 Å². The number of hydrogen-bond acceptors (Lipinski definition) is 4. The van der Waals surface area contributed by atoms with E-state index in [2.05, 4.69) is 36.3 Å². The van der Waals surface area contributed by atoms with Crippen LogP contribution in [0.5, 0.6) is 0 Å². The average Bonchev–Trinajstić information content (AvgIpc) is 2.46. The van der Waals surface area contributed by atoms with Gasteiger partial charge >= 0.3 is 0 Å². The third-order valence-electron chi connectivity index (χ3n) is 3.52. The summed E-state index contributed by atoms with van der Waals surface area (Å²) in [5.41, 5.74) is 1.64. The van der Waals surface area contributed by atoms with Gasteiger partial charge in [0.15, 0.2) is 0 Å². The van der Waals surface area contributed by atoms with Gasteiger partial charge in [-0.1, -0.05) is 44.2 Å². The molecule has 0 aliphatic carbocycles. The predicted molar refractivity (Wildman–Crippen MR) is 83.6 cm³/mol. The van der Waals surface area contributed by atoms with E-state index in [4.69, 9.17) is 0 Å². The van der Waals surface area contributed by atoms with E-state index in [9.17, 15) is 10.1 Å². The topological polar surface area (TPSA) is 68.1 Å². The highest BCUT2D eigenvalue weighted by Crippen LogP contribution is 2.24. The predicted octanol–water partition coefficient (Wildman–Crippen LogP) is 3.69. The first-order valence-electron chi connectivity index (χ1n) is 6.81. The number of benzene rings is 1. The van der Waals surface area contributed by atoms with Crippen molar-refractivity contribution in [1.29, 1.82) is 0 Å². The summed E-state index contributed by atoms with van der Waals surface area (Å²) < 4.78 is 0. The minimum absolute atomic E-state index is 0.0443. The fourth-order valence-electron chi connectivity index (χ4n) is 2.15. The number of nitrogens with one attached hydrogen (secondary N) is 1. The minimum atomic E-state index is -0.417. The molecular weight excluding hydrogens is 266 g/mol. The lowest BCUT2D eigenvalue weighted by molar-refractivity contribution is -0.385. The maximum Gasteiger partial charge on any atom is 0.290 e. The van der Waals surface area contributed by atoms with Crippen LogP contribution in [0.15, 0.2) is 42.5 Å². The van der Waals surface area contributed by atoms with Crippen molar-refractivity contribution < 1.29 is 4.92 Å². The number of nitro groups is 1. The Hall–Kier alpha value is -2.43. The number of rotatable bonds is 5. The summed E-state index contributed by atoms with van der Waals surface area (Å²) in [7, 11) is 0. The molecule has 2 aromatic rings. The van der Waals surface area contributed by atoms with E-state index >= 15 is 0 Å². The molecule has 0 saturated heterocycles. The number of aryl methyl sites for hydroxylation is 1. The normalized spacial score (nSPS) is 11.2. The Morgan fingerprint density at radius 3 is 2.43 bits per heavy atom. The van der Waals surface area contributed by atoms with E-state index in [1.807, 2.05) is 18.2 Å². The second kappa shape index (κ2) is 5.91. The summed E-state index contributed by atoms with van der Waals surface area (Å²) in [4.78, 5) is 14.6. The molecule has 5 nitrogen and oxygen atoms in total. The highest BCUT2D eigenvalue weighted by atomic mass is 16.6. The van der Waals surface area contributed by atoms with Crippen LogP contribution in [-0.4, -0.2) is 16.5 Å². The van der Waals surface area contributed by atoms with E-state index in [-0.39, 0.29) is 11.1 Å². The van der Waals surface area contributed by atoms with Crippen LogP contribution in [-0.2, 0) is 5.41 Å². The van der Waals surface area contributed by atoms with Crippen LogP contribution in [0.4, 0.5) is 11.5 Å². The van der Waals surface area contributed by atoms with Crippen LogP contribution in [0.1, 0.15) is 25.1 Å². The van der Waals surface area contributed by atoms with Gasteiger partial charge in [0.2, 0.25) is 0 Å². The fraction of sp³-hybridized carbons (Fsp3) is 0.312. The molecule has 5 heteroatoms. The Labute approximate surface area is 124 Å². The maximum atomic E-state index is 10.8. The van der Waals surface area contributed by atoms with E-state index in [0.717, 1.165) is 0 Å². The highest BCUT2D eigenvalue weighted by molar-refractivity contribution is 5.45. The molecule has 0 bridgehead atoms. The number of nitrogens with zero attached hydrogens (tertiary/aromatic N) is 2. The molecule has 1 heterocycles. The van der Waals surface area contributed by atoms with Gasteiger partial charge in [0.25, 0.3) is 5.69 Å². The number of hydrogen-bond donors (Lipinski definition) is 1. The summed E-state index contributed by atoms with van der Waals surface area (Å²) in [5, 5.41) is 14.0. The molecule has 0 amide bonds. The Kier molecular flexibility index (Phi) is 4.21. The van der Waals surface area contributed by atoms with Crippen LogP contribution >= 0.6 is 0 Å². The molecule has 0 fully saturated rings. The summed E-state index contributed by atoms with van der Waals surface area (Å²) in [6.07, 6.45) is 0. The lowest BCUT2D eigenvalue weighted by atomic mass is 9.84. The van der Waals surface area contributed by atoms with Crippen LogP contribution in [0.25, 0.3) is 0 Å². The monoisotopic (exact) mass is 285 g/mol. The molecule has 2 rings (SSSR count). The molecule has 1 aromatic heterocycles. The molecule has 0 atom stereocenters. The first-order chi connectivity index (χ1) is 9.90.